The topological polar surface area (TPSA) is 24.9 Å². The molecule has 3 rings (SSSR count). The molecule has 1 aliphatic carbocycles. The van der Waals surface area contributed by atoms with E-state index in [4.69, 9.17) is 0 Å². The first-order valence-electron chi connectivity index (χ1n) is 6.79. The number of benzene rings is 1. The Labute approximate surface area is 125 Å². The molecule has 0 spiro atoms. The number of nitrogens with one attached hydrogen (secondary N) is 1. The summed E-state index contributed by atoms with van der Waals surface area (Å²) in [5, 5.41) is 6.32. The molecule has 0 bridgehead atoms. The Morgan fingerprint density at radius 1 is 1.24 bits per heavy atom. The molecule has 1 aromatic heterocycles. The van der Waals surface area contributed by atoms with E-state index in [1.54, 1.807) is 12.1 Å². The average Bonchev–Trinajstić information content (AvgIpc) is 3.16. The van der Waals surface area contributed by atoms with Gasteiger partial charge >= 0.3 is 6.18 Å². The fourth-order valence-corrected chi connectivity index (χ4v) is 3.05. The van der Waals surface area contributed by atoms with Gasteiger partial charge in [0.15, 0.2) is 0 Å². The van der Waals surface area contributed by atoms with Crippen molar-refractivity contribution < 1.29 is 13.2 Å². The molecule has 1 fully saturated rings. The lowest BCUT2D eigenvalue weighted by Gasteiger charge is -2.17. The Bertz CT molecular complexity index is 615. The molecule has 0 amide bonds. The third-order valence-electron chi connectivity index (χ3n) is 3.43. The summed E-state index contributed by atoms with van der Waals surface area (Å²) in [6.07, 6.45) is -2.07. The lowest BCUT2D eigenvalue weighted by Crippen LogP contribution is -2.24. The third-order valence-corrected chi connectivity index (χ3v) is 4.46. The van der Waals surface area contributed by atoms with Crippen molar-refractivity contribution in [3.8, 4) is 0 Å². The first-order valence-corrected chi connectivity index (χ1v) is 7.66. The fourth-order valence-electron chi connectivity index (χ4n) is 2.17. The maximum Gasteiger partial charge on any atom is 0.416 e. The van der Waals surface area contributed by atoms with Gasteiger partial charge in [0, 0.05) is 17.1 Å². The summed E-state index contributed by atoms with van der Waals surface area (Å²) in [4.78, 5) is 4.47. The number of hydrogen-bond donors (Lipinski definition) is 1. The minimum Gasteiger partial charge on any atom is -0.301 e. The van der Waals surface area contributed by atoms with E-state index >= 15 is 0 Å². The zero-order chi connectivity index (χ0) is 15.0. The predicted octanol–water partition coefficient (Wildman–Crippen LogP) is 4.31. The molecule has 2 aromatic rings. The van der Waals surface area contributed by atoms with Gasteiger partial charge in [-0.2, -0.15) is 13.2 Å². The number of hydrogen-bond acceptors (Lipinski definition) is 3. The fraction of sp³-hybridized carbons (Fsp3) is 0.400. The van der Waals surface area contributed by atoms with Crippen LogP contribution in [-0.2, 0) is 6.18 Å². The number of nitrogens with zero attached hydrogens (tertiary/aromatic N) is 1. The van der Waals surface area contributed by atoms with E-state index in [2.05, 4.69) is 10.3 Å². The van der Waals surface area contributed by atoms with Crippen molar-refractivity contribution in [1.29, 1.82) is 0 Å². The number of halogens is 3. The summed E-state index contributed by atoms with van der Waals surface area (Å²) >= 11 is 1.54. The summed E-state index contributed by atoms with van der Waals surface area (Å²) in [6.45, 7) is 1.92. The van der Waals surface area contributed by atoms with Crippen LogP contribution in [0.4, 0.5) is 13.2 Å². The normalized spacial score (nSPS) is 17.0. The molecule has 1 heterocycles. The van der Waals surface area contributed by atoms with Gasteiger partial charge in [0.1, 0.15) is 5.01 Å². The zero-order valence-electron chi connectivity index (χ0n) is 11.4. The number of aromatic nitrogens is 1. The summed E-state index contributed by atoms with van der Waals surface area (Å²) in [7, 11) is 0. The second kappa shape index (κ2) is 5.42. The lowest BCUT2D eigenvalue weighted by atomic mass is 10.0. The molecule has 21 heavy (non-hydrogen) atoms. The van der Waals surface area contributed by atoms with E-state index in [-0.39, 0.29) is 6.04 Å². The van der Waals surface area contributed by atoms with Crippen LogP contribution in [0.5, 0.6) is 0 Å². The van der Waals surface area contributed by atoms with E-state index in [1.807, 2.05) is 12.3 Å². The molecule has 1 saturated carbocycles. The molecule has 0 aliphatic heterocycles. The second-order valence-electron chi connectivity index (χ2n) is 5.32. The van der Waals surface area contributed by atoms with Crippen molar-refractivity contribution >= 4 is 11.3 Å². The van der Waals surface area contributed by atoms with Gasteiger partial charge in [-0.25, -0.2) is 4.98 Å². The van der Waals surface area contributed by atoms with Crippen LogP contribution in [-0.4, -0.2) is 11.0 Å². The van der Waals surface area contributed by atoms with E-state index in [0.717, 1.165) is 41.2 Å². The summed E-state index contributed by atoms with van der Waals surface area (Å²) in [5.74, 6) is 0. The number of rotatable bonds is 4. The number of thiazole rings is 1. The average molecular weight is 312 g/mol. The molecule has 1 N–H and O–H groups in total. The van der Waals surface area contributed by atoms with Crippen molar-refractivity contribution in [3.63, 3.8) is 0 Å². The molecule has 1 aliphatic rings. The Morgan fingerprint density at radius 3 is 2.38 bits per heavy atom. The number of alkyl halides is 3. The molecule has 2 nitrogen and oxygen atoms in total. The van der Waals surface area contributed by atoms with Crippen LogP contribution < -0.4 is 5.32 Å². The Morgan fingerprint density at radius 2 is 1.90 bits per heavy atom. The highest BCUT2D eigenvalue weighted by atomic mass is 32.1. The van der Waals surface area contributed by atoms with Crippen molar-refractivity contribution in [2.24, 2.45) is 0 Å². The molecule has 0 saturated heterocycles. The van der Waals surface area contributed by atoms with Crippen molar-refractivity contribution in [2.75, 3.05) is 0 Å². The Hall–Kier alpha value is -1.40. The van der Waals surface area contributed by atoms with E-state index in [9.17, 15) is 13.2 Å². The largest absolute Gasteiger partial charge is 0.416 e. The highest BCUT2D eigenvalue weighted by Gasteiger charge is 2.31. The Balaban J connectivity index is 1.88. The quantitative estimate of drug-likeness (QED) is 0.910. The first-order chi connectivity index (χ1) is 9.93. The van der Waals surface area contributed by atoms with Gasteiger partial charge in [0.25, 0.3) is 0 Å². The lowest BCUT2D eigenvalue weighted by molar-refractivity contribution is -0.137. The maximum atomic E-state index is 12.6. The van der Waals surface area contributed by atoms with Gasteiger partial charge in [-0.15, -0.1) is 11.3 Å². The van der Waals surface area contributed by atoms with E-state index in [1.165, 1.54) is 11.3 Å². The van der Waals surface area contributed by atoms with E-state index < -0.39 is 11.7 Å². The molecule has 1 atom stereocenters. The van der Waals surface area contributed by atoms with Crippen LogP contribution in [0.25, 0.3) is 0 Å². The van der Waals surface area contributed by atoms with E-state index in [0.29, 0.717) is 6.04 Å². The van der Waals surface area contributed by atoms with Crippen LogP contribution in [0, 0.1) is 6.92 Å². The van der Waals surface area contributed by atoms with Gasteiger partial charge < -0.3 is 5.32 Å². The maximum absolute atomic E-state index is 12.6. The molecular formula is C15H15F3N2S. The first kappa shape index (κ1) is 14.5. The van der Waals surface area contributed by atoms with Gasteiger partial charge in [-0.1, -0.05) is 12.1 Å². The second-order valence-corrected chi connectivity index (χ2v) is 6.21. The van der Waals surface area contributed by atoms with Crippen LogP contribution in [0.15, 0.2) is 29.6 Å². The predicted molar refractivity (Wildman–Crippen MR) is 76.3 cm³/mol. The minimum absolute atomic E-state index is 0.126. The van der Waals surface area contributed by atoms with Gasteiger partial charge in [-0.3, -0.25) is 0 Å². The smallest absolute Gasteiger partial charge is 0.301 e. The van der Waals surface area contributed by atoms with Crippen molar-refractivity contribution in [3.05, 3.63) is 51.5 Å². The van der Waals surface area contributed by atoms with Gasteiger partial charge in [0.2, 0.25) is 0 Å². The SMILES string of the molecule is Cc1csc(C(NC2CC2)c2ccc(C(F)(F)F)cc2)n1. The van der Waals surface area contributed by atoms with Crippen molar-refractivity contribution in [1.82, 2.24) is 10.3 Å². The van der Waals surface area contributed by atoms with Crippen LogP contribution >= 0.6 is 11.3 Å². The van der Waals surface area contributed by atoms with Gasteiger partial charge in [-0.05, 0) is 37.5 Å². The zero-order valence-corrected chi connectivity index (χ0v) is 12.3. The molecule has 0 radical (unpaired) electrons. The molecule has 112 valence electrons. The third kappa shape index (κ3) is 3.44. The van der Waals surface area contributed by atoms with Gasteiger partial charge in [0.05, 0.1) is 11.6 Å². The Kier molecular flexibility index (Phi) is 3.75. The molecular weight excluding hydrogens is 297 g/mol. The number of aryl methyl sites for hydroxylation is 1. The van der Waals surface area contributed by atoms with Crippen LogP contribution in [0.1, 0.15) is 40.7 Å². The van der Waals surface area contributed by atoms with Crippen LogP contribution in [0.3, 0.4) is 0 Å². The molecule has 1 unspecified atom stereocenters. The monoisotopic (exact) mass is 312 g/mol. The van der Waals surface area contributed by atoms with Crippen LogP contribution in [0.2, 0.25) is 0 Å². The molecule has 6 heteroatoms. The standard InChI is InChI=1S/C15H15F3N2S/c1-9-8-21-14(19-9)13(20-12-6-7-12)10-2-4-11(5-3-10)15(16,17)18/h2-5,8,12-13,20H,6-7H2,1H3. The summed E-state index contributed by atoms with van der Waals surface area (Å²) < 4.78 is 37.9. The summed E-state index contributed by atoms with van der Waals surface area (Å²) in [5.41, 5.74) is 1.14. The molecule has 1 aromatic carbocycles. The highest BCUT2D eigenvalue weighted by molar-refractivity contribution is 7.09. The summed E-state index contributed by atoms with van der Waals surface area (Å²) in [6, 6.07) is 5.67. The highest BCUT2D eigenvalue weighted by Crippen LogP contribution is 2.33. The van der Waals surface area contributed by atoms with Crippen molar-refractivity contribution in [2.45, 2.75) is 38.0 Å². The minimum atomic E-state index is -4.30.